The highest BCUT2D eigenvalue weighted by Gasteiger charge is 2.34. The maximum atomic E-state index is 12.4. The van der Waals surface area contributed by atoms with Crippen LogP contribution in [-0.2, 0) is 9.59 Å². The van der Waals surface area contributed by atoms with Crippen LogP contribution in [-0.4, -0.2) is 46.6 Å². The van der Waals surface area contributed by atoms with Crippen molar-refractivity contribution in [1.29, 1.82) is 0 Å². The third kappa shape index (κ3) is 5.81. The molecule has 0 unspecified atom stereocenters. The average molecular weight is 497 g/mol. The van der Waals surface area contributed by atoms with Gasteiger partial charge in [-0.3, -0.25) is 24.3 Å². The molecule has 1 aromatic heterocycles. The largest absolute Gasteiger partial charge is 0.483 e. The van der Waals surface area contributed by atoms with Crippen molar-refractivity contribution in [2.75, 3.05) is 19.7 Å². The summed E-state index contributed by atoms with van der Waals surface area (Å²) in [5, 5.41) is 2.80. The number of rotatable bonds is 7. The Hall–Kier alpha value is -2.36. The van der Waals surface area contributed by atoms with Crippen LogP contribution in [0.3, 0.4) is 0 Å². The smallest absolute Gasteiger partial charge is 0.293 e. The van der Waals surface area contributed by atoms with E-state index in [4.69, 9.17) is 16.3 Å². The zero-order valence-corrected chi connectivity index (χ0v) is 18.1. The molecule has 150 valence electrons. The Labute approximate surface area is 184 Å². The Morgan fingerprint density at radius 2 is 2.17 bits per heavy atom. The van der Waals surface area contributed by atoms with Crippen molar-refractivity contribution in [3.8, 4) is 5.75 Å². The lowest BCUT2D eigenvalue weighted by atomic mass is 10.2. The molecule has 0 bridgehead atoms. The second-order valence-electron chi connectivity index (χ2n) is 5.83. The van der Waals surface area contributed by atoms with Gasteiger partial charge in [0, 0.05) is 30.5 Å². The van der Waals surface area contributed by atoms with Gasteiger partial charge in [-0.2, -0.15) is 0 Å². The van der Waals surface area contributed by atoms with Crippen molar-refractivity contribution >= 4 is 62.4 Å². The first-order valence-corrected chi connectivity index (χ1v) is 10.4. The van der Waals surface area contributed by atoms with Crippen molar-refractivity contribution in [1.82, 2.24) is 15.2 Å². The molecule has 0 spiro atoms. The van der Waals surface area contributed by atoms with Crippen LogP contribution in [0.2, 0.25) is 5.02 Å². The normalized spacial score (nSPS) is 15.1. The van der Waals surface area contributed by atoms with Crippen LogP contribution < -0.4 is 10.1 Å². The Morgan fingerprint density at radius 1 is 1.34 bits per heavy atom. The number of nitrogens with one attached hydrogen (secondary N) is 1. The number of thioether (sulfide) groups is 1. The van der Waals surface area contributed by atoms with Gasteiger partial charge in [0.2, 0.25) is 0 Å². The van der Waals surface area contributed by atoms with Crippen LogP contribution in [0.4, 0.5) is 4.79 Å². The van der Waals surface area contributed by atoms with E-state index in [1.54, 1.807) is 48.8 Å². The fourth-order valence-corrected chi connectivity index (χ4v) is 4.06. The van der Waals surface area contributed by atoms with Gasteiger partial charge in [-0.15, -0.1) is 0 Å². The van der Waals surface area contributed by atoms with Crippen molar-refractivity contribution in [3.63, 3.8) is 0 Å². The van der Waals surface area contributed by atoms with Crippen molar-refractivity contribution in [3.05, 3.63) is 62.7 Å². The van der Waals surface area contributed by atoms with E-state index in [2.05, 4.69) is 26.2 Å². The third-order valence-electron chi connectivity index (χ3n) is 3.77. The minimum Gasteiger partial charge on any atom is -0.483 e. The maximum absolute atomic E-state index is 12.4. The molecular weight excluding hydrogens is 482 g/mol. The summed E-state index contributed by atoms with van der Waals surface area (Å²) in [7, 11) is 0. The Kier molecular flexibility index (Phi) is 7.29. The second-order valence-corrected chi connectivity index (χ2v) is 8.12. The van der Waals surface area contributed by atoms with Gasteiger partial charge < -0.3 is 10.1 Å². The number of amides is 3. The van der Waals surface area contributed by atoms with Crippen LogP contribution in [0.5, 0.6) is 5.75 Å². The zero-order chi connectivity index (χ0) is 20.8. The predicted octanol–water partition coefficient (Wildman–Crippen LogP) is 3.73. The van der Waals surface area contributed by atoms with Crippen LogP contribution in [0.25, 0.3) is 6.08 Å². The van der Waals surface area contributed by atoms with Crippen molar-refractivity contribution in [2.45, 2.75) is 0 Å². The number of pyridine rings is 1. The van der Waals surface area contributed by atoms with E-state index in [-0.39, 0.29) is 36.7 Å². The maximum Gasteiger partial charge on any atom is 0.293 e. The molecule has 2 aromatic rings. The third-order valence-corrected chi connectivity index (χ3v) is 5.53. The number of benzene rings is 1. The number of nitrogens with zero attached hydrogens (tertiary/aromatic N) is 2. The quantitative estimate of drug-likeness (QED) is 0.588. The molecule has 10 heteroatoms. The molecule has 1 aliphatic heterocycles. The van der Waals surface area contributed by atoms with Gasteiger partial charge in [-0.1, -0.05) is 17.7 Å². The summed E-state index contributed by atoms with van der Waals surface area (Å²) >= 11 is 10.0. The molecule has 1 saturated heterocycles. The number of hydrogen-bond donors (Lipinski definition) is 1. The molecule has 0 saturated carbocycles. The Bertz CT molecular complexity index is 971. The SMILES string of the molecule is O=C(COc1ccc(Cl)cc1Br)NCCN1C(=O)S/C(=C\c2cccnc2)C1=O. The lowest BCUT2D eigenvalue weighted by Gasteiger charge is -2.13. The van der Waals surface area contributed by atoms with E-state index in [1.165, 1.54) is 0 Å². The summed E-state index contributed by atoms with van der Waals surface area (Å²) in [6.45, 7) is -0.00332. The number of carbonyl (C=O) groups excluding carboxylic acids is 3. The van der Waals surface area contributed by atoms with E-state index in [0.29, 0.717) is 20.2 Å². The van der Waals surface area contributed by atoms with Gasteiger partial charge in [-0.25, -0.2) is 0 Å². The van der Waals surface area contributed by atoms with E-state index in [1.807, 2.05) is 0 Å². The van der Waals surface area contributed by atoms with Gasteiger partial charge in [0.25, 0.3) is 17.1 Å². The molecule has 1 N–H and O–H groups in total. The molecule has 0 atom stereocenters. The van der Waals surface area contributed by atoms with Crippen molar-refractivity contribution in [2.24, 2.45) is 0 Å². The molecular formula is C19H15BrClN3O4S. The molecule has 1 fully saturated rings. The van der Waals surface area contributed by atoms with E-state index in [9.17, 15) is 14.4 Å². The monoisotopic (exact) mass is 495 g/mol. The minimum atomic E-state index is -0.389. The van der Waals surface area contributed by atoms with Gasteiger partial charge >= 0.3 is 0 Å². The molecule has 0 aliphatic carbocycles. The highest BCUT2D eigenvalue weighted by Crippen LogP contribution is 2.31. The van der Waals surface area contributed by atoms with Crippen LogP contribution in [0.1, 0.15) is 5.56 Å². The minimum absolute atomic E-state index is 0.0748. The van der Waals surface area contributed by atoms with Crippen LogP contribution >= 0.6 is 39.3 Å². The van der Waals surface area contributed by atoms with E-state index >= 15 is 0 Å². The summed E-state index contributed by atoms with van der Waals surface area (Å²) in [5.74, 6) is -0.278. The lowest BCUT2D eigenvalue weighted by molar-refractivity contribution is -0.125. The number of aromatic nitrogens is 1. The number of carbonyl (C=O) groups is 3. The average Bonchev–Trinajstić information content (AvgIpc) is 2.95. The molecule has 1 aliphatic rings. The molecule has 29 heavy (non-hydrogen) atoms. The number of ether oxygens (including phenoxy) is 1. The lowest BCUT2D eigenvalue weighted by Crippen LogP contribution is -2.38. The molecule has 0 radical (unpaired) electrons. The predicted molar refractivity (Wildman–Crippen MR) is 115 cm³/mol. The summed E-state index contributed by atoms with van der Waals surface area (Å²) < 4.78 is 6.05. The van der Waals surface area contributed by atoms with E-state index < -0.39 is 0 Å². The van der Waals surface area contributed by atoms with Crippen molar-refractivity contribution < 1.29 is 19.1 Å². The summed E-state index contributed by atoms with van der Waals surface area (Å²) in [5.41, 5.74) is 0.733. The van der Waals surface area contributed by atoms with Gasteiger partial charge in [0.15, 0.2) is 6.61 Å². The first kappa shape index (κ1) is 21.4. The topological polar surface area (TPSA) is 88.6 Å². The Morgan fingerprint density at radius 3 is 2.90 bits per heavy atom. The van der Waals surface area contributed by atoms with Gasteiger partial charge in [0.1, 0.15) is 5.75 Å². The fourth-order valence-electron chi connectivity index (χ4n) is 2.40. The highest BCUT2D eigenvalue weighted by molar-refractivity contribution is 9.10. The first-order chi connectivity index (χ1) is 13.9. The molecule has 3 amide bonds. The molecule has 3 rings (SSSR count). The number of halogens is 2. The number of hydrogen-bond acceptors (Lipinski definition) is 6. The standard InChI is InChI=1S/C19H15BrClN3O4S/c20-14-9-13(21)3-4-15(14)28-11-17(25)23-6-7-24-18(26)16(29-19(24)27)8-12-2-1-5-22-10-12/h1-5,8-10H,6-7,11H2,(H,23,25)/b16-8-. The van der Waals surface area contributed by atoms with Crippen LogP contribution in [0.15, 0.2) is 52.1 Å². The molecule has 7 nitrogen and oxygen atoms in total. The van der Waals surface area contributed by atoms with Gasteiger partial charge in [0.05, 0.1) is 9.38 Å². The van der Waals surface area contributed by atoms with E-state index in [0.717, 1.165) is 22.2 Å². The Balaban J connectivity index is 1.47. The summed E-state index contributed by atoms with van der Waals surface area (Å²) in [4.78, 5) is 41.9. The highest BCUT2D eigenvalue weighted by atomic mass is 79.9. The molecule has 2 heterocycles. The summed E-state index contributed by atoms with van der Waals surface area (Å²) in [6.07, 6.45) is 4.85. The zero-order valence-electron chi connectivity index (χ0n) is 14.9. The second kappa shape index (κ2) is 9.91. The summed E-state index contributed by atoms with van der Waals surface area (Å²) in [6, 6.07) is 8.50. The molecule has 1 aromatic carbocycles. The fraction of sp³-hybridized carbons (Fsp3) is 0.158. The first-order valence-electron chi connectivity index (χ1n) is 8.44. The number of imide groups is 1. The van der Waals surface area contributed by atoms with Gasteiger partial charge in [-0.05, 0) is 63.6 Å². The van der Waals surface area contributed by atoms with Crippen LogP contribution in [0, 0.1) is 0 Å².